The van der Waals surface area contributed by atoms with E-state index in [2.05, 4.69) is 41.4 Å². The van der Waals surface area contributed by atoms with E-state index in [9.17, 15) is 0 Å². The van der Waals surface area contributed by atoms with Crippen LogP contribution in [-0.4, -0.2) is 45.9 Å². The second kappa shape index (κ2) is 10.0. The van der Waals surface area contributed by atoms with Gasteiger partial charge < -0.3 is 29.3 Å². The Morgan fingerprint density at radius 1 is 1.07 bits per heavy atom. The second-order valence-electron chi connectivity index (χ2n) is 7.48. The number of hydrogen-bond donors (Lipinski definition) is 2. The number of nitrogens with one attached hydrogen (secondary N) is 2. The molecule has 0 bridgehead atoms. The fourth-order valence-corrected chi connectivity index (χ4v) is 2.75. The third-order valence-electron chi connectivity index (χ3n) is 4.41. The Morgan fingerprint density at radius 2 is 1.72 bits per heavy atom. The lowest BCUT2D eigenvalue weighted by Crippen LogP contribution is -2.38. The number of ether oxygens (including phenoxy) is 3. The minimum Gasteiger partial charge on any atom is -0.496 e. The van der Waals surface area contributed by atoms with E-state index in [0.29, 0.717) is 37.1 Å². The first kappa shape index (κ1) is 22.4. The lowest BCUT2D eigenvalue weighted by molar-refractivity contribution is 0.368. The van der Waals surface area contributed by atoms with Gasteiger partial charge in [-0.3, -0.25) is 4.99 Å². The minimum atomic E-state index is -0.0678. The molecule has 0 saturated carbocycles. The molecule has 160 valence electrons. The highest BCUT2D eigenvalue weighted by atomic mass is 16.5. The highest BCUT2D eigenvalue weighted by Gasteiger charge is 2.19. The molecule has 0 unspecified atom stereocenters. The van der Waals surface area contributed by atoms with E-state index in [1.54, 1.807) is 34.6 Å². The van der Waals surface area contributed by atoms with Crippen molar-refractivity contribution in [1.29, 1.82) is 0 Å². The average molecular weight is 405 g/mol. The molecule has 0 spiro atoms. The summed E-state index contributed by atoms with van der Waals surface area (Å²) < 4.78 is 22.1. The van der Waals surface area contributed by atoms with Gasteiger partial charge in [-0.1, -0.05) is 20.8 Å². The van der Waals surface area contributed by atoms with E-state index in [4.69, 9.17) is 18.6 Å². The highest BCUT2D eigenvalue weighted by molar-refractivity contribution is 5.79. The van der Waals surface area contributed by atoms with Crippen LogP contribution in [0, 0.1) is 0 Å². The van der Waals surface area contributed by atoms with Crippen LogP contribution in [-0.2, 0) is 18.4 Å². The highest BCUT2D eigenvalue weighted by Crippen LogP contribution is 2.34. The normalized spacial score (nSPS) is 11.9. The fourth-order valence-electron chi connectivity index (χ4n) is 2.75. The Morgan fingerprint density at radius 3 is 2.21 bits per heavy atom. The molecule has 2 rings (SSSR count). The number of hydrogen-bond acceptors (Lipinski definition) is 6. The average Bonchev–Trinajstić information content (AvgIpc) is 3.19. The van der Waals surface area contributed by atoms with Crippen molar-refractivity contribution in [2.75, 3.05) is 34.9 Å². The molecule has 0 atom stereocenters. The number of guanidine groups is 1. The van der Waals surface area contributed by atoms with Gasteiger partial charge in [0.15, 0.2) is 5.96 Å². The predicted octanol–water partition coefficient (Wildman–Crippen LogP) is 2.91. The number of aliphatic imine (C=N–C) groups is 1. The van der Waals surface area contributed by atoms with Crippen molar-refractivity contribution in [1.82, 2.24) is 15.6 Å². The Labute approximate surface area is 172 Å². The molecule has 2 aromatic rings. The standard InChI is InChI=1S/C21H32N4O4/c1-21(2,3)18-12-24-19(29-18)13-25-20(22-4)23-9-8-15-16(27-6)10-14(26-5)11-17(15)28-7/h10-12H,8-9,13H2,1-7H3,(H2,22,23,25). The van der Waals surface area contributed by atoms with Crippen molar-refractivity contribution < 1.29 is 18.6 Å². The Hall–Kier alpha value is -2.90. The van der Waals surface area contributed by atoms with E-state index < -0.39 is 0 Å². The first-order chi connectivity index (χ1) is 13.8. The maximum atomic E-state index is 5.80. The van der Waals surface area contributed by atoms with E-state index in [1.807, 2.05) is 12.1 Å². The molecule has 0 aliphatic carbocycles. The second-order valence-corrected chi connectivity index (χ2v) is 7.48. The summed E-state index contributed by atoms with van der Waals surface area (Å²) in [5.74, 6) is 4.27. The molecule has 0 radical (unpaired) electrons. The summed E-state index contributed by atoms with van der Waals surface area (Å²) in [6.07, 6.45) is 2.46. The summed E-state index contributed by atoms with van der Waals surface area (Å²) >= 11 is 0. The van der Waals surface area contributed by atoms with Crippen LogP contribution in [0.15, 0.2) is 27.7 Å². The predicted molar refractivity (Wildman–Crippen MR) is 113 cm³/mol. The summed E-state index contributed by atoms with van der Waals surface area (Å²) in [6, 6.07) is 3.70. The molecule has 2 N–H and O–H groups in total. The van der Waals surface area contributed by atoms with Crippen molar-refractivity contribution >= 4 is 5.96 Å². The van der Waals surface area contributed by atoms with Crippen molar-refractivity contribution in [3.63, 3.8) is 0 Å². The van der Waals surface area contributed by atoms with Gasteiger partial charge in [0.05, 0.1) is 34.1 Å². The van der Waals surface area contributed by atoms with Gasteiger partial charge in [-0.25, -0.2) is 4.98 Å². The molecule has 0 fully saturated rings. The number of aromatic nitrogens is 1. The molecule has 1 heterocycles. The Kier molecular flexibility index (Phi) is 7.75. The summed E-state index contributed by atoms with van der Waals surface area (Å²) in [5, 5.41) is 6.50. The SMILES string of the molecule is CN=C(NCCc1c(OC)cc(OC)cc1OC)NCc1ncc(C(C)(C)C)o1. The molecule has 0 aliphatic rings. The minimum absolute atomic E-state index is 0.0678. The largest absolute Gasteiger partial charge is 0.496 e. The zero-order valence-corrected chi connectivity index (χ0v) is 18.4. The van der Waals surface area contributed by atoms with Crippen LogP contribution in [0.25, 0.3) is 0 Å². The smallest absolute Gasteiger partial charge is 0.213 e. The van der Waals surface area contributed by atoms with Crippen LogP contribution in [0.1, 0.15) is 38.0 Å². The van der Waals surface area contributed by atoms with Gasteiger partial charge in [-0.15, -0.1) is 0 Å². The van der Waals surface area contributed by atoms with Crippen LogP contribution < -0.4 is 24.8 Å². The monoisotopic (exact) mass is 404 g/mol. The molecule has 0 saturated heterocycles. The lowest BCUT2D eigenvalue weighted by atomic mass is 9.94. The van der Waals surface area contributed by atoms with E-state index >= 15 is 0 Å². The zero-order valence-electron chi connectivity index (χ0n) is 18.4. The van der Waals surface area contributed by atoms with Crippen LogP contribution in [0.3, 0.4) is 0 Å². The van der Waals surface area contributed by atoms with E-state index in [0.717, 1.165) is 22.8 Å². The molecular weight excluding hydrogens is 372 g/mol. The van der Waals surface area contributed by atoms with Gasteiger partial charge >= 0.3 is 0 Å². The van der Waals surface area contributed by atoms with E-state index in [-0.39, 0.29) is 5.41 Å². The number of nitrogens with zero attached hydrogens (tertiary/aromatic N) is 2. The van der Waals surface area contributed by atoms with E-state index in [1.165, 1.54) is 0 Å². The van der Waals surface area contributed by atoms with Crippen LogP contribution >= 0.6 is 0 Å². The van der Waals surface area contributed by atoms with Gasteiger partial charge in [0.25, 0.3) is 0 Å². The van der Waals surface area contributed by atoms with Crippen LogP contribution in [0.5, 0.6) is 17.2 Å². The Balaban J connectivity index is 1.94. The summed E-state index contributed by atoms with van der Waals surface area (Å²) in [4.78, 5) is 8.57. The van der Waals surface area contributed by atoms with Crippen molar-refractivity contribution in [2.24, 2.45) is 4.99 Å². The van der Waals surface area contributed by atoms with Gasteiger partial charge in [0.2, 0.25) is 5.89 Å². The van der Waals surface area contributed by atoms with Gasteiger partial charge in [-0.05, 0) is 6.42 Å². The van der Waals surface area contributed by atoms with Crippen LogP contribution in [0.4, 0.5) is 0 Å². The molecule has 8 nitrogen and oxygen atoms in total. The third-order valence-corrected chi connectivity index (χ3v) is 4.41. The number of rotatable bonds is 8. The summed E-state index contributed by atoms with van der Waals surface area (Å²) in [5.41, 5.74) is 0.892. The molecule has 8 heteroatoms. The molecule has 29 heavy (non-hydrogen) atoms. The summed E-state index contributed by atoms with van der Waals surface area (Å²) in [7, 11) is 6.60. The number of oxazole rings is 1. The third kappa shape index (κ3) is 6.04. The zero-order chi connectivity index (χ0) is 21.4. The molecule has 1 aromatic heterocycles. The topological polar surface area (TPSA) is 90.1 Å². The fraction of sp³-hybridized carbons (Fsp3) is 0.524. The van der Waals surface area contributed by atoms with Gasteiger partial charge in [0, 0.05) is 36.7 Å². The molecular formula is C21H32N4O4. The van der Waals surface area contributed by atoms with Crippen molar-refractivity contribution in [3.8, 4) is 17.2 Å². The maximum absolute atomic E-state index is 5.80. The number of methoxy groups -OCH3 is 3. The molecule has 0 amide bonds. The van der Waals surface area contributed by atoms with Crippen LogP contribution in [0.2, 0.25) is 0 Å². The molecule has 0 aliphatic heterocycles. The number of benzene rings is 1. The van der Waals surface area contributed by atoms with Gasteiger partial charge in [0.1, 0.15) is 23.0 Å². The lowest BCUT2D eigenvalue weighted by Gasteiger charge is -2.16. The first-order valence-electron chi connectivity index (χ1n) is 9.51. The first-order valence-corrected chi connectivity index (χ1v) is 9.51. The quantitative estimate of drug-likeness (QED) is 0.516. The van der Waals surface area contributed by atoms with Crippen molar-refractivity contribution in [3.05, 3.63) is 35.5 Å². The molecule has 1 aromatic carbocycles. The van der Waals surface area contributed by atoms with Crippen molar-refractivity contribution in [2.45, 2.75) is 39.2 Å². The maximum Gasteiger partial charge on any atom is 0.213 e. The summed E-state index contributed by atoms with van der Waals surface area (Å²) in [6.45, 7) is 7.36. The Bertz CT molecular complexity index is 799. The van der Waals surface area contributed by atoms with Gasteiger partial charge in [-0.2, -0.15) is 0 Å².